The molecule has 6 nitrogen and oxygen atoms in total. The van der Waals surface area contributed by atoms with Crippen LogP contribution in [-0.2, 0) is 14.2 Å². The van der Waals surface area contributed by atoms with Gasteiger partial charge in [0, 0.05) is 12.4 Å². The Kier molecular flexibility index (Phi) is 11.2. The van der Waals surface area contributed by atoms with E-state index in [0.29, 0.717) is 25.5 Å². The quantitative estimate of drug-likeness (QED) is 0.620. The van der Waals surface area contributed by atoms with Crippen molar-refractivity contribution in [2.75, 3.05) is 31.3 Å². The standard InChI is InChI=1S/C12H23NO5S.CH4.ClH/c13-3-1-6-19-7-8-11-9(14)10(15)12(18-8)17-5-2-4-16-11;;/h8-12,14-15H,1-7,13H2;1H4;1H. The molecule has 21 heavy (non-hydrogen) atoms. The van der Waals surface area contributed by atoms with Crippen LogP contribution >= 0.6 is 24.2 Å². The van der Waals surface area contributed by atoms with Gasteiger partial charge in [0.15, 0.2) is 6.29 Å². The molecule has 0 aliphatic carbocycles. The molecule has 0 saturated carbocycles. The van der Waals surface area contributed by atoms with Gasteiger partial charge in [-0.05, 0) is 25.1 Å². The van der Waals surface area contributed by atoms with Crippen molar-refractivity contribution in [2.45, 2.75) is 51.0 Å². The maximum atomic E-state index is 10.1. The van der Waals surface area contributed by atoms with E-state index in [2.05, 4.69) is 0 Å². The molecular weight excluding hydrogens is 318 g/mol. The molecule has 5 unspecified atom stereocenters. The molecule has 0 amide bonds. The lowest BCUT2D eigenvalue weighted by Crippen LogP contribution is -2.59. The second-order valence-corrected chi connectivity index (χ2v) is 5.95. The second kappa shape index (κ2) is 11.0. The molecule has 0 aromatic rings. The zero-order valence-electron chi connectivity index (χ0n) is 11.3. The Morgan fingerprint density at radius 2 is 1.86 bits per heavy atom. The molecule has 4 N–H and O–H groups in total. The Hall–Kier alpha value is 0.400. The van der Waals surface area contributed by atoms with Gasteiger partial charge in [-0.1, -0.05) is 7.43 Å². The summed E-state index contributed by atoms with van der Waals surface area (Å²) in [6.45, 7) is 1.65. The van der Waals surface area contributed by atoms with Crippen molar-refractivity contribution in [3.8, 4) is 0 Å². The minimum atomic E-state index is -1.05. The summed E-state index contributed by atoms with van der Waals surface area (Å²) in [5, 5.41) is 20.0. The Morgan fingerprint density at radius 3 is 2.57 bits per heavy atom. The van der Waals surface area contributed by atoms with E-state index in [9.17, 15) is 10.2 Å². The van der Waals surface area contributed by atoms with Crippen molar-refractivity contribution < 1.29 is 24.4 Å². The molecule has 0 spiro atoms. The molecule has 8 heteroatoms. The number of hydrogen-bond acceptors (Lipinski definition) is 7. The summed E-state index contributed by atoms with van der Waals surface area (Å²) in [5.41, 5.74) is 5.45. The van der Waals surface area contributed by atoms with Crippen LogP contribution in [0.5, 0.6) is 0 Å². The van der Waals surface area contributed by atoms with E-state index in [4.69, 9.17) is 19.9 Å². The number of aliphatic hydroxyl groups excluding tert-OH is 2. The molecule has 3 aliphatic rings. The fourth-order valence-electron chi connectivity index (χ4n) is 2.25. The largest absolute Gasteiger partial charge is 0.387 e. The molecule has 3 aliphatic heterocycles. The van der Waals surface area contributed by atoms with E-state index in [1.807, 2.05) is 0 Å². The third-order valence-electron chi connectivity index (χ3n) is 3.30. The number of nitrogens with two attached hydrogens (primary N) is 1. The zero-order chi connectivity index (χ0) is 13.7. The molecule has 5 atom stereocenters. The molecule has 0 radical (unpaired) electrons. The van der Waals surface area contributed by atoms with Gasteiger partial charge in [-0.15, -0.1) is 12.4 Å². The van der Waals surface area contributed by atoms with Crippen molar-refractivity contribution in [3.63, 3.8) is 0 Å². The first-order chi connectivity index (χ1) is 9.24. The fraction of sp³-hybridized carbons (Fsp3) is 1.00. The van der Waals surface area contributed by atoms with Gasteiger partial charge in [0.2, 0.25) is 0 Å². The van der Waals surface area contributed by atoms with Crippen LogP contribution in [0.2, 0.25) is 0 Å². The Morgan fingerprint density at radius 1 is 1.14 bits per heavy atom. The van der Waals surface area contributed by atoms with E-state index in [-0.39, 0.29) is 25.9 Å². The minimum absolute atomic E-state index is 0. The summed E-state index contributed by atoms with van der Waals surface area (Å²) >= 11 is 1.72. The topological polar surface area (TPSA) is 94.2 Å². The van der Waals surface area contributed by atoms with Crippen molar-refractivity contribution in [1.29, 1.82) is 0 Å². The normalized spacial score (nSPS) is 35.9. The number of thioether (sulfide) groups is 1. The van der Waals surface area contributed by atoms with Crippen molar-refractivity contribution >= 4 is 24.2 Å². The first kappa shape index (κ1) is 21.4. The number of rotatable bonds is 5. The van der Waals surface area contributed by atoms with Gasteiger partial charge < -0.3 is 30.2 Å². The molecule has 0 aromatic carbocycles. The molecule has 3 saturated heterocycles. The van der Waals surface area contributed by atoms with E-state index in [0.717, 1.165) is 18.6 Å². The monoisotopic (exact) mass is 345 g/mol. The average molecular weight is 346 g/mol. The van der Waals surface area contributed by atoms with Crippen LogP contribution in [-0.4, -0.2) is 72.2 Å². The Labute approximate surface area is 137 Å². The van der Waals surface area contributed by atoms with Crippen LogP contribution in [0.4, 0.5) is 0 Å². The summed E-state index contributed by atoms with van der Waals surface area (Å²) in [7, 11) is 0. The third kappa shape index (κ3) is 5.84. The van der Waals surface area contributed by atoms with E-state index >= 15 is 0 Å². The highest BCUT2D eigenvalue weighted by atomic mass is 35.5. The van der Waals surface area contributed by atoms with Crippen molar-refractivity contribution in [2.24, 2.45) is 5.73 Å². The zero-order valence-corrected chi connectivity index (χ0v) is 13.0. The minimum Gasteiger partial charge on any atom is -0.387 e. The molecule has 3 fully saturated rings. The maximum Gasteiger partial charge on any atom is 0.186 e. The first-order valence-corrected chi connectivity index (χ1v) is 7.92. The smallest absolute Gasteiger partial charge is 0.186 e. The lowest BCUT2D eigenvalue weighted by atomic mass is 10.00. The van der Waals surface area contributed by atoms with E-state index in [1.165, 1.54) is 0 Å². The highest BCUT2D eigenvalue weighted by molar-refractivity contribution is 7.99. The lowest BCUT2D eigenvalue weighted by molar-refractivity contribution is -0.289. The number of hydrogen-bond donors (Lipinski definition) is 3. The van der Waals surface area contributed by atoms with E-state index in [1.54, 1.807) is 11.8 Å². The SMILES string of the molecule is C.Cl.NCCCSCC1OC2OCCCOC1C(O)C2O. The van der Waals surface area contributed by atoms with Crippen LogP contribution in [0.25, 0.3) is 0 Å². The third-order valence-corrected chi connectivity index (χ3v) is 4.44. The Balaban J connectivity index is 0.00000200. The number of halogens is 1. The van der Waals surface area contributed by atoms with E-state index < -0.39 is 24.6 Å². The van der Waals surface area contributed by atoms with Crippen LogP contribution in [0.15, 0.2) is 0 Å². The van der Waals surface area contributed by atoms with Crippen LogP contribution in [0.1, 0.15) is 20.3 Å². The highest BCUT2D eigenvalue weighted by Crippen LogP contribution is 2.28. The second-order valence-electron chi connectivity index (χ2n) is 4.80. The van der Waals surface area contributed by atoms with Gasteiger partial charge in [0.25, 0.3) is 0 Å². The lowest BCUT2D eigenvalue weighted by Gasteiger charge is -2.41. The number of aliphatic hydroxyl groups is 2. The van der Waals surface area contributed by atoms with Gasteiger partial charge in [-0.25, -0.2) is 0 Å². The first-order valence-electron chi connectivity index (χ1n) is 6.76. The molecule has 3 rings (SSSR count). The van der Waals surface area contributed by atoms with Gasteiger partial charge in [0.1, 0.15) is 18.3 Å². The van der Waals surface area contributed by atoms with Gasteiger partial charge >= 0.3 is 0 Å². The highest BCUT2D eigenvalue weighted by Gasteiger charge is 2.46. The van der Waals surface area contributed by atoms with Crippen LogP contribution < -0.4 is 5.73 Å². The maximum absolute atomic E-state index is 10.1. The van der Waals surface area contributed by atoms with Gasteiger partial charge in [-0.2, -0.15) is 11.8 Å². The molecule has 128 valence electrons. The number of fused-ring (bicyclic) bond motifs is 6. The van der Waals surface area contributed by atoms with Crippen LogP contribution in [0, 0.1) is 0 Å². The summed E-state index contributed by atoms with van der Waals surface area (Å²) < 4.78 is 16.8. The molecule has 2 bridgehead atoms. The van der Waals surface area contributed by atoms with Gasteiger partial charge in [0.05, 0.1) is 12.7 Å². The summed E-state index contributed by atoms with van der Waals surface area (Å²) in [6.07, 6.45) is -1.82. The van der Waals surface area contributed by atoms with Gasteiger partial charge in [-0.3, -0.25) is 0 Å². The molecular formula is C13H28ClNO5S. The average Bonchev–Trinajstić information content (AvgIpc) is 2.55. The fourth-order valence-corrected chi connectivity index (χ4v) is 3.28. The molecule has 0 aromatic heterocycles. The van der Waals surface area contributed by atoms with Crippen molar-refractivity contribution in [1.82, 2.24) is 0 Å². The number of ether oxygens (including phenoxy) is 3. The molecule has 3 heterocycles. The summed E-state index contributed by atoms with van der Waals surface area (Å²) in [4.78, 5) is 0. The predicted molar refractivity (Wildman–Crippen MR) is 86.0 cm³/mol. The van der Waals surface area contributed by atoms with Crippen LogP contribution in [0.3, 0.4) is 0 Å². The van der Waals surface area contributed by atoms with Crippen molar-refractivity contribution in [3.05, 3.63) is 0 Å². The predicted octanol–water partition coefficient (Wildman–Crippen LogP) is 0.378. The summed E-state index contributed by atoms with van der Waals surface area (Å²) in [5.74, 6) is 1.65. The summed E-state index contributed by atoms with van der Waals surface area (Å²) in [6, 6.07) is 0. The Bertz CT molecular complexity index is 275.